The number of benzene rings is 1. The van der Waals surface area contributed by atoms with Gasteiger partial charge in [-0.1, -0.05) is 6.07 Å². The third-order valence-corrected chi connectivity index (χ3v) is 4.33. The Morgan fingerprint density at radius 2 is 2.08 bits per heavy atom. The van der Waals surface area contributed by atoms with Crippen molar-refractivity contribution in [2.45, 2.75) is 19.9 Å². The van der Waals surface area contributed by atoms with Crippen molar-refractivity contribution in [1.29, 1.82) is 5.41 Å². The van der Waals surface area contributed by atoms with Gasteiger partial charge in [-0.3, -0.25) is 9.59 Å². The lowest BCUT2D eigenvalue weighted by molar-refractivity contribution is -0.117. The molecule has 0 spiro atoms. The molecule has 134 valence electrons. The third-order valence-electron chi connectivity index (χ3n) is 4.33. The first kappa shape index (κ1) is 17.5. The van der Waals surface area contributed by atoms with Gasteiger partial charge in [-0.2, -0.15) is 0 Å². The zero-order valence-electron chi connectivity index (χ0n) is 14.6. The maximum Gasteiger partial charge on any atom is 0.294 e. The van der Waals surface area contributed by atoms with Crippen molar-refractivity contribution in [2.24, 2.45) is 5.73 Å². The minimum absolute atomic E-state index is 0.0976. The molecule has 7 nitrogen and oxygen atoms in total. The van der Waals surface area contributed by atoms with Crippen LogP contribution in [-0.4, -0.2) is 30.6 Å². The fourth-order valence-electron chi connectivity index (χ4n) is 3.20. The summed E-state index contributed by atoms with van der Waals surface area (Å²) < 4.78 is 5.25. The molecule has 0 radical (unpaired) electrons. The molecule has 1 unspecified atom stereocenters. The molecule has 2 heterocycles. The number of nitrogens with one attached hydrogen (secondary N) is 1. The van der Waals surface area contributed by atoms with Gasteiger partial charge in [0.1, 0.15) is 0 Å². The maximum absolute atomic E-state index is 12.9. The molecule has 26 heavy (non-hydrogen) atoms. The number of carbonyl (C=O) groups is 2. The number of furan rings is 1. The SMILES string of the molecule is CC(=O)N1c2ccc(C(N)=CC=N)cc2N(C(=O)c2ccco2)CC1C. The number of carbonyl (C=O) groups excluding carboxylic acids is 2. The number of hydrogen-bond acceptors (Lipinski definition) is 5. The molecule has 1 aromatic heterocycles. The first-order valence-corrected chi connectivity index (χ1v) is 8.20. The molecule has 7 heteroatoms. The first-order chi connectivity index (χ1) is 12.4. The summed E-state index contributed by atoms with van der Waals surface area (Å²) in [4.78, 5) is 28.3. The highest BCUT2D eigenvalue weighted by molar-refractivity contribution is 6.09. The van der Waals surface area contributed by atoms with E-state index in [4.69, 9.17) is 15.6 Å². The fourth-order valence-corrected chi connectivity index (χ4v) is 3.20. The van der Waals surface area contributed by atoms with Gasteiger partial charge in [-0.25, -0.2) is 0 Å². The highest BCUT2D eigenvalue weighted by atomic mass is 16.3. The number of nitrogens with two attached hydrogens (primary N) is 1. The molecule has 0 fully saturated rings. The molecule has 1 aromatic carbocycles. The van der Waals surface area contributed by atoms with Gasteiger partial charge in [0.2, 0.25) is 5.91 Å². The standard InChI is InChI=1S/C19H20N4O3/c1-12-11-22(19(25)18-4-3-9-26-18)17-10-14(15(21)7-8-20)5-6-16(17)23(12)13(2)24/h3-10,12,20H,11,21H2,1-2H3. The van der Waals surface area contributed by atoms with Crippen molar-refractivity contribution in [3.63, 3.8) is 0 Å². The number of fused-ring (bicyclic) bond motifs is 1. The largest absolute Gasteiger partial charge is 0.459 e. The van der Waals surface area contributed by atoms with Crippen LogP contribution >= 0.6 is 0 Å². The van der Waals surface area contributed by atoms with Gasteiger partial charge in [0.05, 0.1) is 23.7 Å². The molecular formula is C19H20N4O3. The Balaban J connectivity index is 2.14. The van der Waals surface area contributed by atoms with Crippen molar-refractivity contribution in [3.05, 3.63) is 54.0 Å². The first-order valence-electron chi connectivity index (χ1n) is 8.20. The molecule has 1 aliphatic heterocycles. The van der Waals surface area contributed by atoms with Gasteiger partial charge in [0.15, 0.2) is 5.76 Å². The molecule has 3 N–H and O–H groups in total. The van der Waals surface area contributed by atoms with E-state index in [-0.39, 0.29) is 23.6 Å². The summed E-state index contributed by atoms with van der Waals surface area (Å²) in [7, 11) is 0. The predicted molar refractivity (Wildman–Crippen MR) is 100 cm³/mol. The lowest BCUT2D eigenvalue weighted by atomic mass is 10.0. The van der Waals surface area contributed by atoms with E-state index in [1.807, 2.05) is 6.92 Å². The molecule has 1 atom stereocenters. The van der Waals surface area contributed by atoms with Crippen LogP contribution in [-0.2, 0) is 4.79 Å². The summed E-state index contributed by atoms with van der Waals surface area (Å²) in [5, 5.41) is 7.18. The van der Waals surface area contributed by atoms with Gasteiger partial charge in [0.25, 0.3) is 5.91 Å². The van der Waals surface area contributed by atoms with E-state index < -0.39 is 0 Å². The Morgan fingerprint density at radius 3 is 2.69 bits per heavy atom. The molecule has 0 saturated heterocycles. The summed E-state index contributed by atoms with van der Waals surface area (Å²) in [6.45, 7) is 3.73. The van der Waals surface area contributed by atoms with E-state index in [0.717, 1.165) is 6.21 Å². The summed E-state index contributed by atoms with van der Waals surface area (Å²) in [6, 6.07) is 8.39. The van der Waals surface area contributed by atoms with Crippen LogP contribution in [0.4, 0.5) is 11.4 Å². The van der Waals surface area contributed by atoms with Crippen molar-refractivity contribution in [3.8, 4) is 0 Å². The number of amides is 2. The summed E-state index contributed by atoms with van der Waals surface area (Å²) in [6.07, 6.45) is 4.02. The minimum atomic E-state index is -0.280. The summed E-state index contributed by atoms with van der Waals surface area (Å²) in [5.41, 5.74) is 8.28. The smallest absolute Gasteiger partial charge is 0.294 e. The minimum Gasteiger partial charge on any atom is -0.459 e. The quantitative estimate of drug-likeness (QED) is 0.829. The van der Waals surface area contributed by atoms with Crippen LogP contribution in [0.2, 0.25) is 0 Å². The fraction of sp³-hybridized carbons (Fsp3) is 0.211. The lowest BCUT2D eigenvalue weighted by Gasteiger charge is -2.40. The molecule has 0 aliphatic carbocycles. The van der Waals surface area contributed by atoms with Gasteiger partial charge < -0.3 is 25.4 Å². The van der Waals surface area contributed by atoms with Crippen molar-refractivity contribution >= 4 is 35.1 Å². The number of allylic oxidation sites excluding steroid dienone is 1. The van der Waals surface area contributed by atoms with Crippen LogP contribution in [0.25, 0.3) is 5.70 Å². The van der Waals surface area contributed by atoms with E-state index in [2.05, 4.69) is 0 Å². The van der Waals surface area contributed by atoms with Crippen molar-refractivity contribution < 1.29 is 14.0 Å². The number of anilines is 2. The van der Waals surface area contributed by atoms with Gasteiger partial charge >= 0.3 is 0 Å². The van der Waals surface area contributed by atoms with Gasteiger partial charge in [-0.15, -0.1) is 0 Å². The van der Waals surface area contributed by atoms with E-state index >= 15 is 0 Å². The highest BCUT2D eigenvalue weighted by Gasteiger charge is 2.34. The Kier molecular flexibility index (Phi) is 4.62. The monoisotopic (exact) mass is 352 g/mol. The topological polar surface area (TPSA) is 104 Å². The van der Waals surface area contributed by atoms with Crippen LogP contribution in [0.1, 0.15) is 30.0 Å². The van der Waals surface area contributed by atoms with Crippen LogP contribution in [0, 0.1) is 5.41 Å². The van der Waals surface area contributed by atoms with Crippen LogP contribution < -0.4 is 15.5 Å². The zero-order valence-corrected chi connectivity index (χ0v) is 14.6. The molecular weight excluding hydrogens is 332 g/mol. The molecule has 3 rings (SSSR count). The van der Waals surface area contributed by atoms with Crippen molar-refractivity contribution in [2.75, 3.05) is 16.3 Å². The number of nitrogens with zero attached hydrogens (tertiary/aromatic N) is 2. The average Bonchev–Trinajstić information content (AvgIpc) is 3.14. The Hall–Kier alpha value is -3.35. The number of rotatable bonds is 3. The van der Waals surface area contributed by atoms with Crippen molar-refractivity contribution in [1.82, 2.24) is 0 Å². The molecule has 2 amide bonds. The second-order valence-corrected chi connectivity index (χ2v) is 6.12. The second kappa shape index (κ2) is 6.87. The van der Waals surface area contributed by atoms with Gasteiger partial charge in [-0.05, 0) is 42.8 Å². The highest BCUT2D eigenvalue weighted by Crippen LogP contribution is 2.38. The molecule has 0 bridgehead atoms. The molecule has 1 aliphatic rings. The van der Waals surface area contributed by atoms with E-state index in [1.54, 1.807) is 40.1 Å². The Morgan fingerprint density at radius 1 is 1.31 bits per heavy atom. The number of hydrogen-bond donors (Lipinski definition) is 2. The third kappa shape index (κ3) is 2.99. The van der Waals surface area contributed by atoms with E-state index in [1.165, 1.54) is 19.3 Å². The van der Waals surface area contributed by atoms with Crippen LogP contribution in [0.5, 0.6) is 0 Å². The normalized spacial score (nSPS) is 17.0. The van der Waals surface area contributed by atoms with E-state index in [0.29, 0.717) is 29.2 Å². The van der Waals surface area contributed by atoms with Gasteiger partial charge in [0, 0.05) is 25.4 Å². The Labute approximate surface area is 151 Å². The lowest BCUT2D eigenvalue weighted by Crippen LogP contribution is -2.51. The molecule has 2 aromatic rings. The summed E-state index contributed by atoms with van der Waals surface area (Å²) in [5.74, 6) is -0.148. The zero-order chi connectivity index (χ0) is 18.8. The Bertz CT molecular complexity index is 886. The maximum atomic E-state index is 12.9. The van der Waals surface area contributed by atoms with Crippen LogP contribution in [0.15, 0.2) is 47.1 Å². The second-order valence-electron chi connectivity index (χ2n) is 6.12. The predicted octanol–water partition coefficient (Wildman–Crippen LogP) is 2.63. The summed E-state index contributed by atoms with van der Waals surface area (Å²) >= 11 is 0. The average molecular weight is 352 g/mol. The molecule has 0 saturated carbocycles. The van der Waals surface area contributed by atoms with E-state index in [9.17, 15) is 9.59 Å². The van der Waals surface area contributed by atoms with Crippen LogP contribution in [0.3, 0.4) is 0 Å².